The summed E-state index contributed by atoms with van der Waals surface area (Å²) >= 11 is 0. The van der Waals surface area contributed by atoms with Crippen LogP contribution < -0.4 is 5.32 Å². The zero-order valence-corrected chi connectivity index (χ0v) is 11.3. The number of carboxylic acids is 1. The Kier molecular flexibility index (Phi) is 7.06. The minimum absolute atomic E-state index is 0.0564. The smallest absolute Gasteiger partial charge is 0.307 e. The predicted molar refractivity (Wildman–Crippen MR) is 76.7 cm³/mol. The molecule has 0 spiro atoms. The molecule has 0 aliphatic carbocycles. The lowest BCUT2D eigenvalue weighted by atomic mass is 10.1. The zero-order valence-electron chi connectivity index (χ0n) is 11.3. The van der Waals surface area contributed by atoms with Gasteiger partial charge in [0.05, 0.1) is 13.0 Å². The van der Waals surface area contributed by atoms with Crippen molar-refractivity contribution in [2.75, 3.05) is 18.5 Å². The van der Waals surface area contributed by atoms with E-state index in [1.165, 1.54) is 0 Å². The van der Waals surface area contributed by atoms with Gasteiger partial charge in [0.15, 0.2) is 0 Å². The van der Waals surface area contributed by atoms with Crippen LogP contribution >= 0.6 is 0 Å². The largest absolute Gasteiger partial charge is 0.481 e. The van der Waals surface area contributed by atoms with Gasteiger partial charge in [-0.05, 0) is 24.1 Å². The van der Waals surface area contributed by atoms with Crippen molar-refractivity contribution in [1.82, 2.24) is 0 Å². The molecule has 0 radical (unpaired) electrons. The minimum Gasteiger partial charge on any atom is -0.481 e. The molecule has 0 saturated carbocycles. The number of nitrogens with one attached hydrogen (secondary N) is 1. The quantitative estimate of drug-likeness (QED) is 0.536. The second kappa shape index (κ2) is 8.87. The van der Waals surface area contributed by atoms with Crippen LogP contribution in [0.2, 0.25) is 0 Å². The van der Waals surface area contributed by atoms with E-state index in [-0.39, 0.29) is 12.3 Å². The van der Waals surface area contributed by atoms with E-state index < -0.39 is 5.97 Å². The number of amides is 1. The van der Waals surface area contributed by atoms with Gasteiger partial charge in [-0.3, -0.25) is 9.59 Å². The van der Waals surface area contributed by atoms with Crippen LogP contribution in [0.5, 0.6) is 0 Å². The van der Waals surface area contributed by atoms with E-state index in [0.29, 0.717) is 37.3 Å². The average molecular weight is 277 g/mol. The molecule has 1 rings (SSSR count). The van der Waals surface area contributed by atoms with Crippen molar-refractivity contribution < 1.29 is 19.4 Å². The molecule has 0 aliphatic rings. The highest BCUT2D eigenvalue weighted by Gasteiger charge is 2.05. The number of hydrogen-bond donors (Lipinski definition) is 2. The van der Waals surface area contributed by atoms with Crippen molar-refractivity contribution in [3.8, 4) is 0 Å². The summed E-state index contributed by atoms with van der Waals surface area (Å²) in [7, 11) is 0. The average Bonchev–Trinajstić information content (AvgIpc) is 2.38. The number of benzene rings is 1. The fourth-order valence-corrected chi connectivity index (χ4v) is 1.66. The third kappa shape index (κ3) is 6.70. The van der Waals surface area contributed by atoms with Gasteiger partial charge in [-0.1, -0.05) is 18.2 Å². The van der Waals surface area contributed by atoms with Gasteiger partial charge in [-0.15, -0.1) is 6.58 Å². The standard InChI is InChI=1S/C15H19NO4/c1-2-8-20-9-4-7-14(17)16-13-6-3-5-12(10-13)11-15(18)19/h2-3,5-6,10H,1,4,7-9,11H2,(H,16,17)(H,18,19). The van der Waals surface area contributed by atoms with Gasteiger partial charge in [0.2, 0.25) is 5.91 Å². The number of carbonyl (C=O) groups excluding carboxylic acids is 1. The first-order valence-corrected chi connectivity index (χ1v) is 6.41. The summed E-state index contributed by atoms with van der Waals surface area (Å²) in [6.07, 6.45) is 2.60. The highest BCUT2D eigenvalue weighted by Crippen LogP contribution is 2.12. The van der Waals surface area contributed by atoms with Crippen LogP contribution in [0.15, 0.2) is 36.9 Å². The Bertz CT molecular complexity index is 471. The lowest BCUT2D eigenvalue weighted by Crippen LogP contribution is -2.12. The maximum Gasteiger partial charge on any atom is 0.307 e. The van der Waals surface area contributed by atoms with Crippen LogP contribution in [-0.4, -0.2) is 30.2 Å². The maximum atomic E-state index is 11.7. The summed E-state index contributed by atoms with van der Waals surface area (Å²) in [6.45, 7) is 4.53. The molecule has 108 valence electrons. The molecule has 0 fully saturated rings. The summed E-state index contributed by atoms with van der Waals surface area (Å²) in [5, 5.41) is 11.5. The molecule has 5 heteroatoms. The molecule has 1 amide bonds. The van der Waals surface area contributed by atoms with Gasteiger partial charge in [-0.2, -0.15) is 0 Å². The first-order valence-electron chi connectivity index (χ1n) is 6.41. The van der Waals surface area contributed by atoms with E-state index >= 15 is 0 Å². The van der Waals surface area contributed by atoms with Crippen LogP contribution in [0.3, 0.4) is 0 Å². The SMILES string of the molecule is C=CCOCCCC(=O)Nc1cccc(CC(=O)O)c1. The van der Waals surface area contributed by atoms with Crippen molar-refractivity contribution in [2.45, 2.75) is 19.3 Å². The van der Waals surface area contributed by atoms with Crippen LogP contribution in [0.25, 0.3) is 0 Å². The van der Waals surface area contributed by atoms with Crippen LogP contribution in [-0.2, 0) is 20.7 Å². The van der Waals surface area contributed by atoms with Gasteiger partial charge in [0.1, 0.15) is 0 Å². The number of carbonyl (C=O) groups is 2. The van der Waals surface area contributed by atoms with Crippen molar-refractivity contribution in [3.05, 3.63) is 42.5 Å². The number of anilines is 1. The molecule has 0 heterocycles. The Morgan fingerprint density at radius 1 is 1.40 bits per heavy atom. The summed E-state index contributed by atoms with van der Waals surface area (Å²) in [5.41, 5.74) is 1.27. The molecule has 20 heavy (non-hydrogen) atoms. The van der Waals surface area contributed by atoms with Gasteiger partial charge in [0, 0.05) is 18.7 Å². The Labute approximate surface area is 118 Å². The molecular weight excluding hydrogens is 258 g/mol. The number of rotatable bonds is 9. The van der Waals surface area contributed by atoms with E-state index in [2.05, 4.69) is 11.9 Å². The normalized spacial score (nSPS) is 10.0. The molecule has 0 unspecified atom stereocenters. The predicted octanol–water partition coefficient (Wildman–Crippen LogP) is 2.24. The molecule has 1 aromatic rings. The zero-order chi connectivity index (χ0) is 14.8. The van der Waals surface area contributed by atoms with Crippen molar-refractivity contribution in [2.24, 2.45) is 0 Å². The summed E-state index contributed by atoms with van der Waals surface area (Å²) in [4.78, 5) is 22.3. The van der Waals surface area contributed by atoms with Gasteiger partial charge < -0.3 is 15.2 Å². The topological polar surface area (TPSA) is 75.6 Å². The third-order valence-electron chi connectivity index (χ3n) is 2.49. The van der Waals surface area contributed by atoms with E-state index in [1.54, 1.807) is 30.3 Å². The Morgan fingerprint density at radius 3 is 2.90 bits per heavy atom. The summed E-state index contributed by atoms with van der Waals surface area (Å²) in [5.74, 6) is -1.01. The molecule has 1 aromatic carbocycles. The van der Waals surface area contributed by atoms with E-state index in [1.807, 2.05) is 0 Å². The highest BCUT2D eigenvalue weighted by atomic mass is 16.5. The van der Waals surface area contributed by atoms with Crippen molar-refractivity contribution in [1.29, 1.82) is 0 Å². The number of carboxylic acid groups (broad SMARTS) is 1. The first-order chi connectivity index (χ1) is 9.61. The Hall–Kier alpha value is -2.14. The first kappa shape index (κ1) is 15.9. The molecule has 0 saturated heterocycles. The van der Waals surface area contributed by atoms with E-state index in [4.69, 9.17) is 9.84 Å². The molecule has 0 bridgehead atoms. The number of ether oxygens (including phenoxy) is 1. The molecule has 2 N–H and O–H groups in total. The maximum absolute atomic E-state index is 11.7. The molecular formula is C15H19NO4. The monoisotopic (exact) mass is 277 g/mol. The molecule has 5 nitrogen and oxygen atoms in total. The lowest BCUT2D eigenvalue weighted by molar-refractivity contribution is -0.136. The third-order valence-corrected chi connectivity index (χ3v) is 2.49. The summed E-state index contributed by atoms with van der Waals surface area (Å²) < 4.78 is 5.18. The van der Waals surface area contributed by atoms with Gasteiger partial charge in [0.25, 0.3) is 0 Å². The molecule has 0 aliphatic heterocycles. The van der Waals surface area contributed by atoms with Gasteiger partial charge >= 0.3 is 5.97 Å². The fraction of sp³-hybridized carbons (Fsp3) is 0.333. The minimum atomic E-state index is -0.896. The second-order valence-electron chi connectivity index (χ2n) is 4.29. The van der Waals surface area contributed by atoms with Crippen LogP contribution in [0.4, 0.5) is 5.69 Å². The van der Waals surface area contributed by atoms with E-state index in [9.17, 15) is 9.59 Å². The number of aliphatic carboxylic acids is 1. The highest BCUT2D eigenvalue weighted by molar-refractivity contribution is 5.90. The summed E-state index contributed by atoms with van der Waals surface area (Å²) in [6, 6.07) is 6.84. The molecule has 0 atom stereocenters. The second-order valence-corrected chi connectivity index (χ2v) is 4.29. The Morgan fingerprint density at radius 2 is 2.20 bits per heavy atom. The lowest BCUT2D eigenvalue weighted by Gasteiger charge is -2.07. The Balaban J connectivity index is 2.37. The van der Waals surface area contributed by atoms with Gasteiger partial charge in [-0.25, -0.2) is 0 Å². The number of hydrogen-bond acceptors (Lipinski definition) is 3. The fourth-order valence-electron chi connectivity index (χ4n) is 1.66. The molecule has 0 aromatic heterocycles. The van der Waals surface area contributed by atoms with Crippen molar-refractivity contribution >= 4 is 17.6 Å². The van der Waals surface area contributed by atoms with Crippen molar-refractivity contribution in [3.63, 3.8) is 0 Å². The van der Waals surface area contributed by atoms with Crippen LogP contribution in [0.1, 0.15) is 18.4 Å². The van der Waals surface area contributed by atoms with Crippen LogP contribution in [0, 0.1) is 0 Å². The van der Waals surface area contributed by atoms with E-state index in [0.717, 1.165) is 0 Å².